The van der Waals surface area contributed by atoms with Crippen LogP contribution in [0.1, 0.15) is 24.2 Å². The average molecular weight is 498 g/mol. The number of rotatable bonds is 5. The molecule has 0 saturated heterocycles. The first kappa shape index (κ1) is 19.4. The monoisotopic (exact) mass is 498 g/mol. The molecule has 1 N–H and O–H groups in total. The zero-order valence-electron chi connectivity index (χ0n) is 16.0. The third-order valence-electron chi connectivity index (χ3n) is 4.21. The van der Waals surface area contributed by atoms with Crippen LogP contribution >= 0.6 is 22.6 Å². The Labute approximate surface area is 182 Å². The van der Waals surface area contributed by atoms with Crippen molar-refractivity contribution >= 4 is 45.3 Å². The molecule has 0 atom stereocenters. The zero-order chi connectivity index (χ0) is 20.4. The Morgan fingerprint density at radius 3 is 2.59 bits per heavy atom. The molecule has 1 aromatic heterocycles. The van der Waals surface area contributed by atoms with Crippen LogP contribution in [0.15, 0.2) is 71.1 Å². The van der Waals surface area contributed by atoms with E-state index >= 15 is 0 Å². The number of benzene rings is 3. The number of ether oxygens (including phenoxy) is 1. The first-order chi connectivity index (χ1) is 14.0. The smallest absolute Gasteiger partial charge is 0.255 e. The SMILES string of the molecule is CC(C)Oc1ccc(C(=O)Nc2ccc3oc(-c4cccc(I)c4)nc3c2)cc1. The molecule has 0 spiro atoms. The van der Waals surface area contributed by atoms with Crippen LogP contribution in [0.3, 0.4) is 0 Å². The number of halogens is 1. The number of aromatic nitrogens is 1. The Hall–Kier alpha value is -2.87. The van der Waals surface area contributed by atoms with Crippen LogP contribution in [0.2, 0.25) is 0 Å². The van der Waals surface area contributed by atoms with Crippen LogP contribution in [-0.2, 0) is 0 Å². The second-order valence-corrected chi connectivity index (χ2v) is 8.10. The molecule has 29 heavy (non-hydrogen) atoms. The molecule has 0 radical (unpaired) electrons. The molecule has 1 amide bonds. The maximum atomic E-state index is 12.6. The van der Waals surface area contributed by atoms with Crippen LogP contribution in [0.25, 0.3) is 22.6 Å². The Morgan fingerprint density at radius 2 is 1.86 bits per heavy atom. The standard InChI is InChI=1S/C23H19IN2O3/c1-14(2)28-19-9-6-15(7-10-19)22(27)25-18-8-11-21-20(13-18)26-23(29-21)16-4-3-5-17(24)12-16/h3-14H,1-2H3,(H,25,27). The normalized spacial score (nSPS) is 11.0. The maximum Gasteiger partial charge on any atom is 0.255 e. The van der Waals surface area contributed by atoms with E-state index in [1.807, 2.05) is 50.2 Å². The van der Waals surface area contributed by atoms with E-state index < -0.39 is 0 Å². The van der Waals surface area contributed by atoms with Gasteiger partial charge in [-0.05, 0) is 97.1 Å². The zero-order valence-corrected chi connectivity index (χ0v) is 18.1. The van der Waals surface area contributed by atoms with Crippen LogP contribution in [-0.4, -0.2) is 17.0 Å². The van der Waals surface area contributed by atoms with Gasteiger partial charge in [-0.1, -0.05) is 6.07 Å². The first-order valence-electron chi connectivity index (χ1n) is 9.22. The van der Waals surface area contributed by atoms with Crippen molar-refractivity contribution in [3.63, 3.8) is 0 Å². The van der Waals surface area contributed by atoms with E-state index in [2.05, 4.69) is 32.9 Å². The molecular weight excluding hydrogens is 479 g/mol. The lowest BCUT2D eigenvalue weighted by Crippen LogP contribution is -2.12. The second kappa shape index (κ2) is 8.24. The molecule has 4 rings (SSSR count). The van der Waals surface area contributed by atoms with E-state index in [0.717, 1.165) is 14.9 Å². The molecule has 0 aliphatic carbocycles. The van der Waals surface area contributed by atoms with E-state index in [4.69, 9.17) is 9.15 Å². The molecule has 5 nitrogen and oxygen atoms in total. The highest BCUT2D eigenvalue weighted by Gasteiger charge is 2.11. The van der Waals surface area contributed by atoms with Crippen molar-refractivity contribution in [3.05, 3.63) is 75.9 Å². The van der Waals surface area contributed by atoms with Crippen LogP contribution in [0.4, 0.5) is 5.69 Å². The summed E-state index contributed by atoms with van der Waals surface area (Å²) in [6.07, 6.45) is 0.0908. The summed E-state index contributed by atoms with van der Waals surface area (Å²) < 4.78 is 12.6. The molecule has 0 saturated carbocycles. The molecule has 4 aromatic rings. The van der Waals surface area contributed by atoms with Gasteiger partial charge in [0.05, 0.1) is 6.10 Å². The van der Waals surface area contributed by atoms with Crippen LogP contribution in [0, 0.1) is 3.57 Å². The van der Waals surface area contributed by atoms with E-state index in [1.165, 1.54) is 0 Å². The topological polar surface area (TPSA) is 64.4 Å². The summed E-state index contributed by atoms with van der Waals surface area (Å²) >= 11 is 2.26. The third-order valence-corrected chi connectivity index (χ3v) is 4.88. The van der Waals surface area contributed by atoms with Crippen molar-refractivity contribution in [2.45, 2.75) is 20.0 Å². The van der Waals surface area contributed by atoms with Gasteiger partial charge in [-0.15, -0.1) is 0 Å². The number of amides is 1. The summed E-state index contributed by atoms with van der Waals surface area (Å²) in [6.45, 7) is 3.93. The van der Waals surface area contributed by atoms with E-state index in [0.29, 0.717) is 28.2 Å². The lowest BCUT2D eigenvalue weighted by Gasteiger charge is -2.10. The fraction of sp³-hybridized carbons (Fsp3) is 0.130. The van der Waals surface area contributed by atoms with Gasteiger partial charge in [-0.25, -0.2) is 4.98 Å². The van der Waals surface area contributed by atoms with Gasteiger partial charge in [0, 0.05) is 20.4 Å². The van der Waals surface area contributed by atoms with Gasteiger partial charge in [0.1, 0.15) is 11.3 Å². The van der Waals surface area contributed by atoms with E-state index in [-0.39, 0.29) is 12.0 Å². The number of carbonyl (C=O) groups is 1. The molecule has 0 fully saturated rings. The minimum atomic E-state index is -0.193. The third kappa shape index (κ3) is 4.59. The highest BCUT2D eigenvalue weighted by molar-refractivity contribution is 14.1. The molecule has 6 heteroatoms. The Morgan fingerprint density at radius 1 is 1.07 bits per heavy atom. The predicted molar refractivity (Wildman–Crippen MR) is 122 cm³/mol. The number of nitrogens with zero attached hydrogens (tertiary/aromatic N) is 1. The van der Waals surface area contributed by atoms with Crippen molar-refractivity contribution in [1.82, 2.24) is 4.98 Å². The highest BCUT2D eigenvalue weighted by Crippen LogP contribution is 2.27. The Balaban J connectivity index is 1.53. The number of anilines is 1. The fourth-order valence-corrected chi connectivity index (χ4v) is 3.45. The summed E-state index contributed by atoms with van der Waals surface area (Å²) in [7, 11) is 0. The lowest BCUT2D eigenvalue weighted by atomic mass is 10.2. The average Bonchev–Trinajstić information content (AvgIpc) is 3.11. The second-order valence-electron chi connectivity index (χ2n) is 6.86. The molecular formula is C23H19IN2O3. The summed E-state index contributed by atoms with van der Waals surface area (Å²) in [6, 6.07) is 20.5. The van der Waals surface area contributed by atoms with Gasteiger partial charge in [0.25, 0.3) is 5.91 Å². The van der Waals surface area contributed by atoms with Gasteiger partial charge in [-0.3, -0.25) is 4.79 Å². The molecule has 3 aromatic carbocycles. The van der Waals surface area contributed by atoms with Crippen LogP contribution in [0.5, 0.6) is 5.75 Å². The van der Waals surface area contributed by atoms with Gasteiger partial charge in [-0.2, -0.15) is 0 Å². The molecule has 0 bridgehead atoms. The van der Waals surface area contributed by atoms with Crippen molar-refractivity contribution in [2.24, 2.45) is 0 Å². The van der Waals surface area contributed by atoms with Gasteiger partial charge in [0.15, 0.2) is 5.58 Å². The van der Waals surface area contributed by atoms with Crippen molar-refractivity contribution in [1.29, 1.82) is 0 Å². The minimum Gasteiger partial charge on any atom is -0.491 e. The van der Waals surface area contributed by atoms with Gasteiger partial charge >= 0.3 is 0 Å². The number of nitrogens with one attached hydrogen (secondary N) is 1. The fourth-order valence-electron chi connectivity index (χ4n) is 2.91. The number of hydrogen-bond acceptors (Lipinski definition) is 4. The van der Waals surface area contributed by atoms with Crippen molar-refractivity contribution in [2.75, 3.05) is 5.32 Å². The molecule has 0 aliphatic rings. The minimum absolute atomic E-state index is 0.0908. The Bertz CT molecular complexity index is 1170. The summed E-state index contributed by atoms with van der Waals surface area (Å²) in [5, 5.41) is 2.91. The van der Waals surface area contributed by atoms with Gasteiger partial charge < -0.3 is 14.5 Å². The number of hydrogen-bond donors (Lipinski definition) is 1. The van der Waals surface area contributed by atoms with Crippen molar-refractivity contribution in [3.8, 4) is 17.2 Å². The predicted octanol–water partition coefficient (Wildman–Crippen LogP) is 6.14. The number of oxazole rings is 1. The molecule has 0 unspecified atom stereocenters. The first-order valence-corrected chi connectivity index (χ1v) is 10.3. The highest BCUT2D eigenvalue weighted by atomic mass is 127. The van der Waals surface area contributed by atoms with E-state index in [9.17, 15) is 4.79 Å². The largest absolute Gasteiger partial charge is 0.491 e. The number of fused-ring (bicyclic) bond motifs is 1. The van der Waals surface area contributed by atoms with E-state index in [1.54, 1.807) is 30.3 Å². The summed E-state index contributed by atoms with van der Waals surface area (Å²) in [5.74, 6) is 1.10. The molecule has 0 aliphatic heterocycles. The Kier molecular flexibility index (Phi) is 5.53. The molecule has 146 valence electrons. The molecule has 1 heterocycles. The van der Waals surface area contributed by atoms with Crippen molar-refractivity contribution < 1.29 is 13.9 Å². The summed E-state index contributed by atoms with van der Waals surface area (Å²) in [5.41, 5.74) is 3.50. The van der Waals surface area contributed by atoms with Gasteiger partial charge in [0.2, 0.25) is 5.89 Å². The summed E-state index contributed by atoms with van der Waals surface area (Å²) in [4.78, 5) is 17.1. The maximum absolute atomic E-state index is 12.6. The van der Waals surface area contributed by atoms with Crippen LogP contribution < -0.4 is 10.1 Å². The lowest BCUT2D eigenvalue weighted by molar-refractivity contribution is 0.102. The number of carbonyl (C=O) groups excluding carboxylic acids is 1. The quantitative estimate of drug-likeness (QED) is 0.336.